The van der Waals surface area contributed by atoms with Gasteiger partial charge >= 0.3 is 0 Å². The van der Waals surface area contributed by atoms with Gasteiger partial charge in [0.25, 0.3) is 0 Å². The van der Waals surface area contributed by atoms with E-state index in [-0.39, 0.29) is 11.9 Å². The summed E-state index contributed by atoms with van der Waals surface area (Å²) in [5.74, 6) is 0.500. The zero-order valence-corrected chi connectivity index (χ0v) is 11.9. The predicted octanol–water partition coefficient (Wildman–Crippen LogP) is 2.44. The molecule has 1 aliphatic rings. The lowest BCUT2D eigenvalue weighted by Gasteiger charge is -2.28. The minimum Gasteiger partial charge on any atom is -0.354 e. The fraction of sp³-hybridized carbons (Fsp3) is 0.562. The first-order valence-electron chi connectivity index (χ1n) is 7.25. The van der Waals surface area contributed by atoms with Gasteiger partial charge in [0.1, 0.15) is 0 Å². The Bertz CT molecular complexity index is 404. The molecule has 0 aliphatic carbocycles. The van der Waals surface area contributed by atoms with E-state index in [2.05, 4.69) is 36.6 Å². The number of hydrogen-bond acceptors (Lipinski definition) is 2. The smallest absolute Gasteiger partial charge is 0.237 e. The lowest BCUT2D eigenvalue weighted by Crippen LogP contribution is -2.50. The lowest BCUT2D eigenvalue weighted by molar-refractivity contribution is -0.124. The molecule has 19 heavy (non-hydrogen) atoms. The van der Waals surface area contributed by atoms with Crippen LogP contribution in [0.1, 0.15) is 44.6 Å². The molecule has 0 bridgehead atoms. The van der Waals surface area contributed by atoms with Crippen LogP contribution in [-0.4, -0.2) is 24.5 Å². The highest BCUT2D eigenvalue weighted by Gasteiger charge is 2.24. The number of amides is 1. The van der Waals surface area contributed by atoms with Crippen molar-refractivity contribution in [3.05, 3.63) is 35.9 Å². The first-order chi connectivity index (χ1) is 9.16. The van der Waals surface area contributed by atoms with Crippen molar-refractivity contribution in [2.75, 3.05) is 6.54 Å². The number of carbonyl (C=O) groups excluding carboxylic acids is 1. The van der Waals surface area contributed by atoms with Crippen LogP contribution in [0.4, 0.5) is 0 Å². The molecule has 2 N–H and O–H groups in total. The second kappa shape index (κ2) is 6.71. The van der Waals surface area contributed by atoms with Crippen LogP contribution in [0, 0.1) is 0 Å². The van der Waals surface area contributed by atoms with E-state index in [1.165, 1.54) is 12.0 Å². The van der Waals surface area contributed by atoms with E-state index >= 15 is 0 Å². The second-order valence-corrected chi connectivity index (χ2v) is 5.61. The molecular formula is C16H24N2O. The van der Waals surface area contributed by atoms with Gasteiger partial charge in [0.15, 0.2) is 0 Å². The third-order valence-corrected chi connectivity index (χ3v) is 3.88. The molecule has 0 spiro atoms. The highest BCUT2D eigenvalue weighted by Crippen LogP contribution is 2.15. The van der Waals surface area contributed by atoms with Crippen molar-refractivity contribution in [3.63, 3.8) is 0 Å². The summed E-state index contributed by atoms with van der Waals surface area (Å²) in [7, 11) is 0. The van der Waals surface area contributed by atoms with Gasteiger partial charge in [0.2, 0.25) is 5.91 Å². The Kier molecular flexibility index (Phi) is 4.97. The molecule has 0 aromatic heterocycles. The molecule has 3 atom stereocenters. The van der Waals surface area contributed by atoms with Crippen molar-refractivity contribution in [2.45, 2.75) is 51.1 Å². The number of piperidine rings is 1. The molecule has 1 saturated heterocycles. The van der Waals surface area contributed by atoms with Crippen molar-refractivity contribution in [3.8, 4) is 0 Å². The Hall–Kier alpha value is -1.35. The predicted molar refractivity (Wildman–Crippen MR) is 78.1 cm³/mol. The summed E-state index contributed by atoms with van der Waals surface area (Å²) in [5.41, 5.74) is 1.27. The van der Waals surface area contributed by atoms with Crippen molar-refractivity contribution in [1.82, 2.24) is 10.6 Å². The summed E-state index contributed by atoms with van der Waals surface area (Å²) in [6, 6.07) is 10.8. The van der Waals surface area contributed by atoms with Crippen LogP contribution in [0.25, 0.3) is 0 Å². The summed E-state index contributed by atoms with van der Waals surface area (Å²) < 4.78 is 0. The first kappa shape index (κ1) is 14.1. The molecule has 104 valence electrons. The number of carbonyl (C=O) groups is 1. The van der Waals surface area contributed by atoms with Crippen LogP contribution in [-0.2, 0) is 4.79 Å². The zero-order valence-electron chi connectivity index (χ0n) is 11.9. The van der Waals surface area contributed by atoms with E-state index < -0.39 is 0 Å². The molecule has 1 aromatic carbocycles. The van der Waals surface area contributed by atoms with E-state index in [4.69, 9.17) is 0 Å². The molecule has 0 saturated carbocycles. The number of benzene rings is 1. The maximum atomic E-state index is 12.1. The Balaban J connectivity index is 1.80. The molecule has 3 unspecified atom stereocenters. The van der Waals surface area contributed by atoms with Crippen LogP contribution in [0.5, 0.6) is 0 Å². The van der Waals surface area contributed by atoms with Gasteiger partial charge in [-0.2, -0.15) is 0 Å². The minimum absolute atomic E-state index is 0.00766. The largest absolute Gasteiger partial charge is 0.354 e. The molecular weight excluding hydrogens is 236 g/mol. The van der Waals surface area contributed by atoms with Gasteiger partial charge in [0.05, 0.1) is 6.04 Å². The van der Waals surface area contributed by atoms with Gasteiger partial charge in [-0.1, -0.05) is 37.3 Å². The summed E-state index contributed by atoms with van der Waals surface area (Å²) in [6.07, 6.45) is 3.26. The van der Waals surface area contributed by atoms with Gasteiger partial charge in [-0.25, -0.2) is 0 Å². The van der Waals surface area contributed by atoms with E-state index in [0.717, 1.165) is 12.8 Å². The maximum Gasteiger partial charge on any atom is 0.237 e. The molecule has 1 heterocycles. The number of rotatable bonds is 4. The van der Waals surface area contributed by atoms with Crippen molar-refractivity contribution in [2.24, 2.45) is 0 Å². The Morgan fingerprint density at radius 1 is 1.37 bits per heavy atom. The summed E-state index contributed by atoms with van der Waals surface area (Å²) in [5, 5.41) is 6.44. The number of nitrogens with one attached hydrogen (secondary N) is 2. The highest BCUT2D eigenvalue weighted by atomic mass is 16.2. The molecule has 1 amide bonds. The van der Waals surface area contributed by atoms with Crippen LogP contribution in [0.2, 0.25) is 0 Å². The fourth-order valence-corrected chi connectivity index (χ4v) is 2.62. The third kappa shape index (κ3) is 4.06. The van der Waals surface area contributed by atoms with Crippen LogP contribution >= 0.6 is 0 Å². The van der Waals surface area contributed by atoms with E-state index in [1.54, 1.807) is 0 Å². The van der Waals surface area contributed by atoms with Crippen LogP contribution in [0.3, 0.4) is 0 Å². The van der Waals surface area contributed by atoms with Gasteiger partial charge in [-0.15, -0.1) is 0 Å². The molecule has 1 aromatic rings. The standard InChI is InChI=1S/C16H24N2O/c1-12(14-8-4-3-5-9-14)11-17-16(19)15-10-6-7-13(2)18-15/h3-5,8-9,12-13,15,18H,6-7,10-11H2,1-2H3,(H,17,19). The van der Waals surface area contributed by atoms with Crippen LogP contribution in [0.15, 0.2) is 30.3 Å². The summed E-state index contributed by atoms with van der Waals surface area (Å²) in [6.45, 7) is 4.99. The molecule has 1 aliphatic heterocycles. The maximum absolute atomic E-state index is 12.1. The summed E-state index contributed by atoms with van der Waals surface area (Å²) >= 11 is 0. The Morgan fingerprint density at radius 2 is 2.11 bits per heavy atom. The topological polar surface area (TPSA) is 41.1 Å². The monoisotopic (exact) mass is 260 g/mol. The normalized spacial score (nSPS) is 24.7. The van der Waals surface area contributed by atoms with Gasteiger partial charge in [-0.3, -0.25) is 4.79 Å². The SMILES string of the molecule is CC1CCCC(C(=O)NCC(C)c2ccccc2)N1. The van der Waals surface area contributed by atoms with E-state index in [1.807, 2.05) is 18.2 Å². The van der Waals surface area contributed by atoms with E-state index in [0.29, 0.717) is 18.5 Å². The van der Waals surface area contributed by atoms with Crippen molar-refractivity contribution in [1.29, 1.82) is 0 Å². The molecule has 1 fully saturated rings. The van der Waals surface area contributed by atoms with Gasteiger partial charge < -0.3 is 10.6 Å². The van der Waals surface area contributed by atoms with E-state index in [9.17, 15) is 4.79 Å². The Labute approximate surface area is 115 Å². The van der Waals surface area contributed by atoms with Crippen molar-refractivity contribution < 1.29 is 4.79 Å². The molecule has 3 heteroatoms. The average Bonchev–Trinajstić information content (AvgIpc) is 2.45. The lowest BCUT2D eigenvalue weighted by atomic mass is 9.98. The zero-order chi connectivity index (χ0) is 13.7. The van der Waals surface area contributed by atoms with Crippen molar-refractivity contribution >= 4 is 5.91 Å². The van der Waals surface area contributed by atoms with Crippen LogP contribution < -0.4 is 10.6 Å². The summed E-state index contributed by atoms with van der Waals surface area (Å²) in [4.78, 5) is 12.1. The quantitative estimate of drug-likeness (QED) is 0.873. The average molecular weight is 260 g/mol. The molecule has 2 rings (SSSR count). The Morgan fingerprint density at radius 3 is 2.79 bits per heavy atom. The fourth-order valence-electron chi connectivity index (χ4n) is 2.62. The second-order valence-electron chi connectivity index (χ2n) is 5.61. The van der Waals surface area contributed by atoms with Gasteiger partial charge in [-0.05, 0) is 37.7 Å². The molecule has 3 nitrogen and oxygen atoms in total. The third-order valence-electron chi connectivity index (χ3n) is 3.88. The highest BCUT2D eigenvalue weighted by molar-refractivity contribution is 5.81. The number of hydrogen-bond donors (Lipinski definition) is 2. The van der Waals surface area contributed by atoms with Gasteiger partial charge in [0, 0.05) is 12.6 Å². The first-order valence-corrected chi connectivity index (χ1v) is 7.25. The molecule has 0 radical (unpaired) electrons. The minimum atomic E-state index is -0.00766.